The molecule has 0 spiro atoms. The lowest BCUT2D eigenvalue weighted by molar-refractivity contribution is 0.649. The van der Waals surface area contributed by atoms with Crippen LogP contribution in [-0.2, 0) is 6.42 Å². The van der Waals surface area contributed by atoms with Crippen molar-refractivity contribution in [1.29, 1.82) is 0 Å². The third-order valence-corrected chi connectivity index (χ3v) is 5.95. The fourth-order valence-corrected chi connectivity index (χ4v) is 4.44. The van der Waals surface area contributed by atoms with E-state index in [1.54, 1.807) is 17.5 Å². The van der Waals surface area contributed by atoms with Crippen molar-refractivity contribution in [2.45, 2.75) is 39.7 Å². The van der Waals surface area contributed by atoms with Crippen molar-refractivity contribution in [3.05, 3.63) is 38.9 Å². The summed E-state index contributed by atoms with van der Waals surface area (Å²) in [6.07, 6.45) is 3.75. The quantitative estimate of drug-likeness (QED) is 0.335. The van der Waals surface area contributed by atoms with Crippen molar-refractivity contribution in [3.63, 3.8) is 0 Å². The number of rotatable bonds is 6. The highest BCUT2D eigenvalue weighted by molar-refractivity contribution is 14.0. The number of hydrogen-bond donors (Lipinski definition) is 2. The Morgan fingerprint density at radius 1 is 1.43 bits per heavy atom. The Bertz CT molecular complexity index is 796. The van der Waals surface area contributed by atoms with E-state index in [9.17, 15) is 0 Å². The molecule has 1 atom stereocenters. The molecule has 28 heavy (non-hydrogen) atoms. The number of anilines is 1. The molecule has 0 aromatic carbocycles. The van der Waals surface area contributed by atoms with Crippen LogP contribution in [-0.4, -0.2) is 48.1 Å². The summed E-state index contributed by atoms with van der Waals surface area (Å²) in [5, 5.41) is 8.73. The molecule has 0 saturated carbocycles. The van der Waals surface area contributed by atoms with Crippen LogP contribution in [0.1, 0.15) is 28.9 Å². The molecular weight excluding hydrogens is 507 g/mol. The molecule has 1 fully saturated rings. The van der Waals surface area contributed by atoms with Crippen molar-refractivity contribution in [2.75, 3.05) is 31.1 Å². The highest BCUT2D eigenvalue weighted by atomic mass is 127. The number of aliphatic imine (C=N–C) groups is 1. The van der Waals surface area contributed by atoms with Crippen LogP contribution >= 0.6 is 46.9 Å². The van der Waals surface area contributed by atoms with Gasteiger partial charge in [-0.1, -0.05) is 11.6 Å². The van der Waals surface area contributed by atoms with Gasteiger partial charge < -0.3 is 15.5 Å². The number of thiazole rings is 1. The SMILES string of the molecule is CCNC(=NCCc1sc(C)nc1C)NC1CCN(c2ncccc2Cl)C1.I. The Hall–Kier alpha value is -1.13. The maximum absolute atomic E-state index is 6.28. The standard InChI is InChI=1S/C19H27ClN6S.HI/c1-4-21-19(23-10-7-17-13(2)24-14(3)27-17)25-15-8-11-26(12-15)18-16(20)6-5-9-22-18;/h5-6,9,15H,4,7-8,10-12H2,1-3H3,(H2,21,23,25);1H. The van der Waals surface area contributed by atoms with Gasteiger partial charge in [0.25, 0.3) is 0 Å². The van der Waals surface area contributed by atoms with Gasteiger partial charge in [0.15, 0.2) is 5.96 Å². The Morgan fingerprint density at radius 3 is 2.93 bits per heavy atom. The van der Waals surface area contributed by atoms with Gasteiger partial charge >= 0.3 is 0 Å². The van der Waals surface area contributed by atoms with E-state index >= 15 is 0 Å². The van der Waals surface area contributed by atoms with Crippen molar-refractivity contribution in [1.82, 2.24) is 20.6 Å². The predicted molar refractivity (Wildman–Crippen MR) is 130 cm³/mol. The molecule has 0 bridgehead atoms. The number of pyridine rings is 1. The lowest BCUT2D eigenvalue weighted by Crippen LogP contribution is -2.44. The third-order valence-electron chi connectivity index (χ3n) is 4.52. The van der Waals surface area contributed by atoms with Crippen LogP contribution in [0.15, 0.2) is 23.3 Å². The highest BCUT2D eigenvalue weighted by Gasteiger charge is 2.25. The fourth-order valence-electron chi connectivity index (χ4n) is 3.27. The molecular formula is C19H28ClIN6S. The van der Waals surface area contributed by atoms with Crippen LogP contribution in [0.3, 0.4) is 0 Å². The minimum atomic E-state index is 0. The zero-order valence-electron chi connectivity index (χ0n) is 16.5. The molecule has 0 aliphatic carbocycles. The van der Waals surface area contributed by atoms with E-state index in [1.807, 2.05) is 12.1 Å². The van der Waals surface area contributed by atoms with Crippen molar-refractivity contribution in [2.24, 2.45) is 4.99 Å². The van der Waals surface area contributed by atoms with Gasteiger partial charge in [-0.25, -0.2) is 9.97 Å². The van der Waals surface area contributed by atoms with Crippen LogP contribution in [0.4, 0.5) is 5.82 Å². The molecule has 1 saturated heterocycles. The maximum atomic E-state index is 6.28. The lowest BCUT2D eigenvalue weighted by Gasteiger charge is -2.20. The van der Waals surface area contributed by atoms with E-state index in [1.165, 1.54) is 4.88 Å². The minimum Gasteiger partial charge on any atom is -0.357 e. The molecule has 1 aliphatic heterocycles. The second kappa shape index (κ2) is 11.2. The molecule has 3 heterocycles. The number of halogens is 2. The first-order valence-corrected chi connectivity index (χ1v) is 10.6. The van der Waals surface area contributed by atoms with Crippen molar-refractivity contribution >= 4 is 58.7 Å². The Morgan fingerprint density at radius 2 is 2.25 bits per heavy atom. The summed E-state index contributed by atoms with van der Waals surface area (Å²) in [7, 11) is 0. The summed E-state index contributed by atoms with van der Waals surface area (Å²) in [6.45, 7) is 9.61. The summed E-state index contributed by atoms with van der Waals surface area (Å²) < 4.78 is 0. The molecule has 9 heteroatoms. The molecule has 1 unspecified atom stereocenters. The van der Waals surface area contributed by atoms with Crippen molar-refractivity contribution in [3.8, 4) is 0 Å². The predicted octanol–water partition coefficient (Wildman–Crippen LogP) is 3.80. The molecule has 0 amide bonds. The Labute approximate surface area is 193 Å². The molecule has 1 aliphatic rings. The maximum Gasteiger partial charge on any atom is 0.191 e. The highest BCUT2D eigenvalue weighted by Crippen LogP contribution is 2.25. The average Bonchev–Trinajstić information content (AvgIpc) is 3.22. The first-order valence-electron chi connectivity index (χ1n) is 9.40. The largest absolute Gasteiger partial charge is 0.357 e. The van der Waals surface area contributed by atoms with Gasteiger partial charge in [0.1, 0.15) is 5.82 Å². The van der Waals surface area contributed by atoms with E-state index in [2.05, 4.69) is 46.3 Å². The van der Waals surface area contributed by atoms with E-state index in [0.29, 0.717) is 11.1 Å². The summed E-state index contributed by atoms with van der Waals surface area (Å²) in [6, 6.07) is 4.08. The minimum absolute atomic E-state index is 0. The normalized spacial score (nSPS) is 16.8. The summed E-state index contributed by atoms with van der Waals surface area (Å²) >= 11 is 8.05. The summed E-state index contributed by atoms with van der Waals surface area (Å²) in [4.78, 5) is 17.2. The zero-order chi connectivity index (χ0) is 19.2. The van der Waals surface area contributed by atoms with Crippen LogP contribution < -0.4 is 15.5 Å². The van der Waals surface area contributed by atoms with Gasteiger partial charge in [-0.2, -0.15) is 0 Å². The third kappa shape index (κ3) is 6.18. The zero-order valence-corrected chi connectivity index (χ0v) is 20.4. The van der Waals surface area contributed by atoms with Crippen LogP contribution in [0.25, 0.3) is 0 Å². The number of nitrogens with zero attached hydrogens (tertiary/aromatic N) is 4. The monoisotopic (exact) mass is 534 g/mol. The molecule has 2 aromatic rings. The molecule has 3 rings (SSSR count). The molecule has 2 N–H and O–H groups in total. The summed E-state index contributed by atoms with van der Waals surface area (Å²) in [5.41, 5.74) is 1.13. The van der Waals surface area contributed by atoms with E-state index in [4.69, 9.17) is 16.6 Å². The number of hydrogen-bond acceptors (Lipinski definition) is 5. The van der Waals surface area contributed by atoms with Gasteiger partial charge in [-0.05, 0) is 39.3 Å². The van der Waals surface area contributed by atoms with Gasteiger partial charge in [-0.15, -0.1) is 35.3 Å². The molecule has 2 aromatic heterocycles. The van der Waals surface area contributed by atoms with Gasteiger partial charge in [0.05, 0.1) is 15.7 Å². The summed E-state index contributed by atoms with van der Waals surface area (Å²) in [5.74, 6) is 1.73. The fraction of sp³-hybridized carbons (Fsp3) is 0.526. The second-order valence-corrected chi connectivity index (χ2v) is 8.33. The Balaban J connectivity index is 0.00000280. The van der Waals surface area contributed by atoms with E-state index in [-0.39, 0.29) is 24.0 Å². The van der Waals surface area contributed by atoms with E-state index < -0.39 is 0 Å². The lowest BCUT2D eigenvalue weighted by atomic mass is 10.3. The van der Waals surface area contributed by atoms with Crippen molar-refractivity contribution < 1.29 is 0 Å². The molecule has 6 nitrogen and oxygen atoms in total. The van der Waals surface area contributed by atoms with Gasteiger partial charge in [0, 0.05) is 49.7 Å². The Kier molecular flexibility index (Phi) is 9.23. The first-order chi connectivity index (χ1) is 13.1. The van der Waals surface area contributed by atoms with Crippen LogP contribution in [0.2, 0.25) is 5.02 Å². The van der Waals surface area contributed by atoms with Gasteiger partial charge in [-0.3, -0.25) is 4.99 Å². The average molecular weight is 535 g/mol. The van der Waals surface area contributed by atoms with E-state index in [0.717, 1.165) is 61.5 Å². The van der Waals surface area contributed by atoms with Gasteiger partial charge in [0.2, 0.25) is 0 Å². The number of guanidine groups is 1. The second-order valence-electron chi connectivity index (χ2n) is 6.64. The number of aromatic nitrogens is 2. The smallest absolute Gasteiger partial charge is 0.191 e. The van der Waals surface area contributed by atoms with Crippen LogP contribution in [0, 0.1) is 13.8 Å². The topological polar surface area (TPSA) is 65.4 Å². The first kappa shape index (κ1) is 23.2. The molecule has 154 valence electrons. The van der Waals surface area contributed by atoms with Crippen LogP contribution in [0.5, 0.6) is 0 Å². The number of nitrogens with one attached hydrogen (secondary N) is 2. The molecule has 0 radical (unpaired) electrons. The number of aryl methyl sites for hydroxylation is 2.